The van der Waals surface area contributed by atoms with Crippen molar-refractivity contribution >= 4 is 11.8 Å². The second-order valence-electron chi connectivity index (χ2n) is 4.85. The van der Waals surface area contributed by atoms with Crippen LogP contribution >= 0.6 is 0 Å². The van der Waals surface area contributed by atoms with Crippen molar-refractivity contribution in [2.24, 2.45) is 0 Å². The Kier molecular flexibility index (Phi) is 5.34. The molecular formula is C13H23N3O2. The Bertz CT molecular complexity index is 355. The highest BCUT2D eigenvalue weighted by atomic mass is 16.2. The van der Waals surface area contributed by atoms with E-state index in [2.05, 4.69) is 5.32 Å². The lowest BCUT2D eigenvalue weighted by Crippen LogP contribution is -2.43. The molecule has 18 heavy (non-hydrogen) atoms. The van der Waals surface area contributed by atoms with Crippen molar-refractivity contribution < 1.29 is 9.59 Å². The number of nitrogens with one attached hydrogen (secondary N) is 1. The van der Waals surface area contributed by atoms with E-state index in [1.165, 1.54) is 4.90 Å². The molecule has 102 valence electrons. The van der Waals surface area contributed by atoms with Crippen LogP contribution in [-0.2, 0) is 9.59 Å². The van der Waals surface area contributed by atoms with Crippen LogP contribution in [-0.4, -0.2) is 61.9 Å². The number of rotatable bonds is 5. The van der Waals surface area contributed by atoms with Gasteiger partial charge in [0.1, 0.15) is 0 Å². The number of carbonyl (C=O) groups excluding carboxylic acids is 2. The molecular weight excluding hydrogens is 230 g/mol. The van der Waals surface area contributed by atoms with Crippen LogP contribution in [0.2, 0.25) is 0 Å². The molecule has 0 atom stereocenters. The van der Waals surface area contributed by atoms with Crippen molar-refractivity contribution in [3.05, 3.63) is 11.1 Å². The number of hydrogen-bond acceptors (Lipinski definition) is 3. The molecule has 2 amide bonds. The van der Waals surface area contributed by atoms with Crippen molar-refractivity contribution in [2.75, 3.05) is 40.3 Å². The summed E-state index contributed by atoms with van der Waals surface area (Å²) in [5, 5.41) is 3.12. The fourth-order valence-corrected chi connectivity index (χ4v) is 1.73. The second-order valence-corrected chi connectivity index (χ2v) is 4.85. The van der Waals surface area contributed by atoms with Gasteiger partial charge in [-0.3, -0.25) is 9.59 Å². The molecule has 0 bridgehead atoms. The average molecular weight is 253 g/mol. The van der Waals surface area contributed by atoms with Gasteiger partial charge in [-0.15, -0.1) is 0 Å². The largest absolute Gasteiger partial charge is 0.347 e. The lowest BCUT2D eigenvalue weighted by molar-refractivity contribution is -0.137. The molecule has 0 saturated carbocycles. The van der Waals surface area contributed by atoms with Gasteiger partial charge in [-0.05, 0) is 18.9 Å². The Morgan fingerprint density at radius 3 is 2.28 bits per heavy atom. The number of amides is 2. The van der Waals surface area contributed by atoms with Crippen molar-refractivity contribution in [1.82, 2.24) is 15.1 Å². The average Bonchev–Trinajstić information content (AvgIpc) is 2.24. The zero-order valence-electron chi connectivity index (χ0n) is 11.7. The Balaban J connectivity index is 2.71. The summed E-state index contributed by atoms with van der Waals surface area (Å²) in [6.45, 7) is 6.22. The highest BCUT2D eigenvalue weighted by molar-refractivity contribution is 5.96. The molecule has 0 spiro atoms. The van der Waals surface area contributed by atoms with Gasteiger partial charge < -0.3 is 15.1 Å². The predicted molar refractivity (Wildman–Crippen MR) is 71.1 cm³/mol. The second kappa shape index (κ2) is 6.54. The lowest BCUT2D eigenvalue weighted by Gasteiger charge is -2.27. The first kappa shape index (κ1) is 14.7. The van der Waals surface area contributed by atoms with E-state index in [0.29, 0.717) is 6.54 Å². The zero-order chi connectivity index (χ0) is 13.7. The topological polar surface area (TPSA) is 52.7 Å². The van der Waals surface area contributed by atoms with E-state index in [9.17, 15) is 9.59 Å². The molecule has 1 heterocycles. The van der Waals surface area contributed by atoms with E-state index in [1.54, 1.807) is 19.0 Å². The molecule has 0 aromatic heterocycles. The summed E-state index contributed by atoms with van der Waals surface area (Å²) in [4.78, 5) is 27.2. The summed E-state index contributed by atoms with van der Waals surface area (Å²) in [5.41, 5.74) is 1.94. The first-order chi connectivity index (χ1) is 8.47. The normalized spacial score (nSPS) is 13.9. The molecule has 1 fully saturated rings. The van der Waals surface area contributed by atoms with Crippen molar-refractivity contribution in [3.63, 3.8) is 0 Å². The maximum atomic E-state index is 12.3. The molecule has 0 aliphatic carbocycles. The number of hydrogen-bond donors (Lipinski definition) is 1. The minimum Gasteiger partial charge on any atom is -0.347 e. The molecule has 1 N–H and O–H groups in total. The number of likely N-dealkylation sites (N-methyl/N-ethyl adjacent to an activating group) is 1. The smallest absolute Gasteiger partial charge is 0.250 e. The first-order valence-electron chi connectivity index (χ1n) is 6.36. The molecule has 1 aliphatic heterocycles. The van der Waals surface area contributed by atoms with Gasteiger partial charge in [0.05, 0.1) is 6.54 Å². The number of carbonyl (C=O) groups is 2. The van der Waals surface area contributed by atoms with Gasteiger partial charge >= 0.3 is 0 Å². The summed E-state index contributed by atoms with van der Waals surface area (Å²) in [6.07, 6.45) is 0.854. The van der Waals surface area contributed by atoms with Gasteiger partial charge in [-0.2, -0.15) is 0 Å². The van der Waals surface area contributed by atoms with Crippen LogP contribution in [0.15, 0.2) is 11.1 Å². The third-order valence-electron chi connectivity index (χ3n) is 3.13. The number of nitrogens with zero attached hydrogens (tertiary/aromatic N) is 2. The Morgan fingerprint density at radius 1 is 1.28 bits per heavy atom. The van der Waals surface area contributed by atoms with Gasteiger partial charge in [0.2, 0.25) is 11.8 Å². The van der Waals surface area contributed by atoms with Gasteiger partial charge in [-0.1, -0.05) is 6.92 Å². The Hall–Kier alpha value is -1.36. The van der Waals surface area contributed by atoms with Crippen molar-refractivity contribution in [3.8, 4) is 0 Å². The highest BCUT2D eigenvalue weighted by Crippen LogP contribution is 2.12. The summed E-state index contributed by atoms with van der Waals surface area (Å²) < 4.78 is 0. The highest BCUT2D eigenvalue weighted by Gasteiger charge is 2.22. The minimum atomic E-state index is -0.0404. The van der Waals surface area contributed by atoms with Gasteiger partial charge in [0.25, 0.3) is 0 Å². The zero-order valence-corrected chi connectivity index (χ0v) is 11.7. The van der Waals surface area contributed by atoms with E-state index in [1.807, 2.05) is 13.8 Å². The van der Waals surface area contributed by atoms with E-state index >= 15 is 0 Å². The summed E-state index contributed by atoms with van der Waals surface area (Å²) in [6, 6.07) is 0. The minimum absolute atomic E-state index is 0.0106. The SMILES string of the molecule is CCCN(CC(=O)N(C)C)C(=O)C(C)=C1CNC1. The molecule has 1 rings (SSSR count). The maximum Gasteiger partial charge on any atom is 0.250 e. The summed E-state index contributed by atoms with van der Waals surface area (Å²) >= 11 is 0. The summed E-state index contributed by atoms with van der Waals surface area (Å²) in [5.74, 6) is -0.0510. The monoisotopic (exact) mass is 253 g/mol. The maximum absolute atomic E-state index is 12.3. The van der Waals surface area contributed by atoms with Gasteiger partial charge in [0.15, 0.2) is 0 Å². The third-order valence-corrected chi connectivity index (χ3v) is 3.13. The van der Waals surface area contributed by atoms with Crippen molar-refractivity contribution in [1.29, 1.82) is 0 Å². The van der Waals surface area contributed by atoms with Crippen LogP contribution < -0.4 is 5.32 Å². The molecule has 1 saturated heterocycles. The lowest BCUT2D eigenvalue weighted by atomic mass is 10.0. The van der Waals surface area contributed by atoms with Crippen LogP contribution in [0.3, 0.4) is 0 Å². The summed E-state index contributed by atoms with van der Waals surface area (Å²) in [7, 11) is 3.41. The Morgan fingerprint density at radius 2 is 1.89 bits per heavy atom. The van der Waals surface area contributed by atoms with Crippen LogP contribution in [0.25, 0.3) is 0 Å². The first-order valence-corrected chi connectivity index (χ1v) is 6.36. The van der Waals surface area contributed by atoms with Gasteiger partial charge in [0, 0.05) is 39.3 Å². The van der Waals surface area contributed by atoms with Crippen LogP contribution in [0.4, 0.5) is 0 Å². The molecule has 0 aromatic rings. The van der Waals surface area contributed by atoms with E-state index in [4.69, 9.17) is 0 Å². The molecule has 1 aliphatic rings. The fourth-order valence-electron chi connectivity index (χ4n) is 1.73. The molecule has 0 unspecified atom stereocenters. The van der Waals surface area contributed by atoms with Crippen LogP contribution in [0.5, 0.6) is 0 Å². The quantitative estimate of drug-likeness (QED) is 0.714. The molecule has 5 heteroatoms. The van der Waals surface area contributed by atoms with E-state index < -0.39 is 0 Å². The van der Waals surface area contributed by atoms with Crippen molar-refractivity contribution in [2.45, 2.75) is 20.3 Å². The fraction of sp³-hybridized carbons (Fsp3) is 0.692. The Labute approximate surface area is 109 Å². The van der Waals surface area contributed by atoms with E-state index in [0.717, 1.165) is 30.7 Å². The van der Waals surface area contributed by atoms with Crippen LogP contribution in [0, 0.1) is 0 Å². The molecule has 5 nitrogen and oxygen atoms in total. The van der Waals surface area contributed by atoms with Gasteiger partial charge in [-0.25, -0.2) is 0 Å². The third kappa shape index (κ3) is 3.57. The van der Waals surface area contributed by atoms with Crippen LogP contribution in [0.1, 0.15) is 20.3 Å². The van der Waals surface area contributed by atoms with E-state index in [-0.39, 0.29) is 18.4 Å². The predicted octanol–water partition coefficient (Wildman–Crippen LogP) is 0.233. The molecule has 0 aromatic carbocycles. The molecule has 0 radical (unpaired) electrons. The standard InChI is InChI=1S/C13H23N3O2/c1-5-6-16(9-12(17)15(3)4)13(18)10(2)11-7-14-8-11/h14H,5-9H2,1-4H3.